The lowest BCUT2D eigenvalue weighted by molar-refractivity contribution is 0.251. The molecule has 0 spiro atoms. The van der Waals surface area contributed by atoms with Gasteiger partial charge in [-0.15, -0.1) is 0 Å². The van der Waals surface area contributed by atoms with Gasteiger partial charge >= 0.3 is 0 Å². The molecule has 2 saturated carbocycles. The summed E-state index contributed by atoms with van der Waals surface area (Å²) in [7, 11) is 0. The zero-order valence-electron chi connectivity index (χ0n) is 10.3. The van der Waals surface area contributed by atoms with E-state index in [4.69, 9.17) is 4.42 Å². The molecule has 2 nitrogen and oxygen atoms in total. The molecule has 0 radical (unpaired) electrons. The molecule has 1 heterocycles. The second kappa shape index (κ2) is 4.77. The molecule has 0 aliphatic heterocycles. The van der Waals surface area contributed by atoms with Crippen LogP contribution in [0.1, 0.15) is 44.2 Å². The van der Waals surface area contributed by atoms with E-state index in [1.807, 2.05) is 0 Å². The standard InChI is InChI=1S/C14H20BrNO/c1-2-16-13(11-5-6-17-14(11)15)12-8-9-3-4-10(12)7-9/h5-6,9-10,12-13,16H,2-4,7-8H2,1H3. The van der Waals surface area contributed by atoms with Gasteiger partial charge in [-0.3, -0.25) is 0 Å². The minimum Gasteiger partial charge on any atom is -0.457 e. The largest absolute Gasteiger partial charge is 0.457 e. The van der Waals surface area contributed by atoms with Crippen LogP contribution >= 0.6 is 15.9 Å². The summed E-state index contributed by atoms with van der Waals surface area (Å²) in [5.41, 5.74) is 1.31. The molecule has 3 heteroatoms. The van der Waals surface area contributed by atoms with Crippen LogP contribution in [0, 0.1) is 17.8 Å². The van der Waals surface area contributed by atoms with Crippen molar-refractivity contribution in [3.05, 3.63) is 22.6 Å². The third-order valence-electron chi connectivity index (χ3n) is 4.63. The Morgan fingerprint density at radius 2 is 2.35 bits per heavy atom. The highest BCUT2D eigenvalue weighted by molar-refractivity contribution is 9.10. The zero-order valence-corrected chi connectivity index (χ0v) is 11.9. The Morgan fingerprint density at radius 1 is 1.47 bits per heavy atom. The maximum absolute atomic E-state index is 5.41. The van der Waals surface area contributed by atoms with E-state index in [9.17, 15) is 0 Å². The molecule has 1 aromatic heterocycles. The molecule has 0 aromatic carbocycles. The fourth-order valence-electron chi connectivity index (χ4n) is 3.94. The number of fused-ring (bicyclic) bond motifs is 2. The first-order valence-corrected chi connectivity index (χ1v) is 7.55. The Labute approximate surface area is 111 Å². The summed E-state index contributed by atoms with van der Waals surface area (Å²) in [4.78, 5) is 0. The summed E-state index contributed by atoms with van der Waals surface area (Å²) in [6.45, 7) is 3.21. The van der Waals surface area contributed by atoms with Gasteiger partial charge in [0, 0.05) is 11.6 Å². The molecule has 2 bridgehead atoms. The molecule has 2 fully saturated rings. The number of hydrogen-bond donors (Lipinski definition) is 1. The maximum Gasteiger partial charge on any atom is 0.173 e. The van der Waals surface area contributed by atoms with Gasteiger partial charge in [-0.25, -0.2) is 0 Å². The van der Waals surface area contributed by atoms with E-state index in [-0.39, 0.29) is 0 Å². The Morgan fingerprint density at radius 3 is 2.88 bits per heavy atom. The van der Waals surface area contributed by atoms with Crippen molar-refractivity contribution in [2.45, 2.75) is 38.6 Å². The second-order valence-electron chi connectivity index (χ2n) is 5.52. The minimum atomic E-state index is 0.475. The predicted molar refractivity (Wildman–Crippen MR) is 71.8 cm³/mol. The molecule has 1 aromatic rings. The molecule has 3 rings (SSSR count). The van der Waals surface area contributed by atoms with E-state index < -0.39 is 0 Å². The Balaban J connectivity index is 1.83. The molecular weight excluding hydrogens is 278 g/mol. The summed E-state index contributed by atoms with van der Waals surface area (Å²) >= 11 is 3.53. The lowest BCUT2D eigenvalue weighted by Gasteiger charge is -2.30. The van der Waals surface area contributed by atoms with Gasteiger partial charge in [-0.1, -0.05) is 13.3 Å². The molecule has 2 aliphatic rings. The number of nitrogens with one attached hydrogen (secondary N) is 1. The first-order valence-electron chi connectivity index (χ1n) is 6.75. The highest BCUT2D eigenvalue weighted by atomic mass is 79.9. The molecule has 1 N–H and O–H groups in total. The van der Waals surface area contributed by atoms with E-state index in [1.54, 1.807) is 6.26 Å². The van der Waals surface area contributed by atoms with Gasteiger partial charge < -0.3 is 9.73 Å². The second-order valence-corrected chi connectivity index (χ2v) is 6.24. The van der Waals surface area contributed by atoms with Crippen molar-refractivity contribution in [3.63, 3.8) is 0 Å². The van der Waals surface area contributed by atoms with Gasteiger partial charge in [0.15, 0.2) is 4.67 Å². The van der Waals surface area contributed by atoms with Gasteiger partial charge in [0.1, 0.15) is 0 Å². The molecule has 0 saturated heterocycles. The molecule has 94 valence electrons. The Hall–Kier alpha value is -0.280. The summed E-state index contributed by atoms with van der Waals surface area (Å²) in [5.74, 6) is 2.74. The Kier molecular flexibility index (Phi) is 3.31. The molecule has 0 amide bonds. The first kappa shape index (κ1) is 11.8. The van der Waals surface area contributed by atoms with Crippen LogP contribution in [0.4, 0.5) is 0 Å². The molecule has 17 heavy (non-hydrogen) atoms. The predicted octanol–water partition coefficient (Wildman–Crippen LogP) is 4.13. The van der Waals surface area contributed by atoms with Gasteiger partial charge in [-0.2, -0.15) is 0 Å². The highest BCUT2D eigenvalue weighted by Gasteiger charge is 2.43. The maximum atomic E-state index is 5.41. The van der Waals surface area contributed by atoms with E-state index >= 15 is 0 Å². The normalized spacial score (nSPS) is 33.2. The number of rotatable bonds is 4. The van der Waals surface area contributed by atoms with Crippen molar-refractivity contribution < 1.29 is 4.42 Å². The van der Waals surface area contributed by atoms with Crippen molar-refractivity contribution in [1.82, 2.24) is 5.32 Å². The van der Waals surface area contributed by atoms with Crippen LogP contribution in [0.5, 0.6) is 0 Å². The van der Waals surface area contributed by atoms with E-state index in [0.29, 0.717) is 6.04 Å². The van der Waals surface area contributed by atoms with Crippen LogP contribution in [0.3, 0.4) is 0 Å². The van der Waals surface area contributed by atoms with Crippen LogP contribution in [0.15, 0.2) is 21.4 Å². The smallest absolute Gasteiger partial charge is 0.173 e. The van der Waals surface area contributed by atoms with Crippen LogP contribution in [0.25, 0.3) is 0 Å². The van der Waals surface area contributed by atoms with Gasteiger partial charge in [0.25, 0.3) is 0 Å². The van der Waals surface area contributed by atoms with Crippen molar-refractivity contribution in [2.75, 3.05) is 6.54 Å². The average molecular weight is 298 g/mol. The summed E-state index contributed by atoms with van der Waals surface area (Å²) in [6, 6.07) is 2.59. The number of halogens is 1. The Bertz CT molecular complexity index is 389. The number of hydrogen-bond acceptors (Lipinski definition) is 2. The summed E-state index contributed by atoms with van der Waals surface area (Å²) in [5, 5.41) is 3.66. The third-order valence-corrected chi connectivity index (χ3v) is 5.27. The van der Waals surface area contributed by atoms with Crippen molar-refractivity contribution in [1.29, 1.82) is 0 Å². The van der Waals surface area contributed by atoms with Crippen molar-refractivity contribution in [3.8, 4) is 0 Å². The average Bonchev–Trinajstić information content (AvgIpc) is 3.01. The minimum absolute atomic E-state index is 0.475. The lowest BCUT2D eigenvalue weighted by Crippen LogP contribution is -2.31. The topological polar surface area (TPSA) is 25.2 Å². The zero-order chi connectivity index (χ0) is 11.8. The molecule has 4 unspecified atom stereocenters. The fourth-order valence-corrected chi connectivity index (χ4v) is 4.43. The van der Waals surface area contributed by atoms with E-state index in [0.717, 1.165) is 29.0 Å². The summed E-state index contributed by atoms with van der Waals surface area (Å²) < 4.78 is 6.32. The molecule has 2 aliphatic carbocycles. The van der Waals surface area contributed by atoms with Crippen LogP contribution in [-0.4, -0.2) is 6.54 Å². The third kappa shape index (κ3) is 2.08. The van der Waals surface area contributed by atoms with Gasteiger partial charge in [0.05, 0.1) is 6.26 Å². The van der Waals surface area contributed by atoms with Crippen LogP contribution in [0.2, 0.25) is 0 Å². The summed E-state index contributed by atoms with van der Waals surface area (Å²) in [6.07, 6.45) is 7.55. The van der Waals surface area contributed by atoms with Crippen molar-refractivity contribution >= 4 is 15.9 Å². The fraction of sp³-hybridized carbons (Fsp3) is 0.714. The van der Waals surface area contributed by atoms with Crippen LogP contribution < -0.4 is 5.32 Å². The van der Waals surface area contributed by atoms with Gasteiger partial charge in [-0.05, 0) is 65.6 Å². The lowest BCUT2D eigenvalue weighted by atomic mass is 9.81. The molecule has 4 atom stereocenters. The van der Waals surface area contributed by atoms with Crippen molar-refractivity contribution in [2.24, 2.45) is 17.8 Å². The highest BCUT2D eigenvalue weighted by Crippen LogP contribution is 2.53. The number of furan rings is 1. The first-order chi connectivity index (χ1) is 8.29. The SMILES string of the molecule is CCNC(c1ccoc1Br)C1CC2CCC1C2. The van der Waals surface area contributed by atoms with Crippen LogP contribution in [-0.2, 0) is 0 Å². The quantitative estimate of drug-likeness (QED) is 0.904. The van der Waals surface area contributed by atoms with Gasteiger partial charge in [0.2, 0.25) is 0 Å². The monoisotopic (exact) mass is 297 g/mol. The molecular formula is C14H20BrNO. The van der Waals surface area contributed by atoms with E-state index in [2.05, 4.69) is 34.2 Å². The van der Waals surface area contributed by atoms with E-state index in [1.165, 1.54) is 31.2 Å².